The number of fused-ring (bicyclic) bond motifs is 9. The van der Waals surface area contributed by atoms with Gasteiger partial charge in [-0.15, -0.1) is 0 Å². The molecule has 10 aromatic carbocycles. The second-order valence-corrected chi connectivity index (χ2v) is 15.9. The molecule has 2 aliphatic rings. The number of hydrogen-bond donors (Lipinski definition) is 0. The van der Waals surface area contributed by atoms with Gasteiger partial charge >= 0.3 is 0 Å². The van der Waals surface area contributed by atoms with Crippen molar-refractivity contribution < 1.29 is 9.15 Å². The highest BCUT2D eigenvalue weighted by Crippen LogP contribution is 2.58. The zero-order chi connectivity index (χ0) is 38.7. The monoisotopic (exact) mass is 750 g/mol. The zero-order valence-corrected chi connectivity index (χ0v) is 31.9. The van der Waals surface area contributed by atoms with Crippen LogP contribution >= 0.6 is 0 Å². The SMILES string of the molecule is c1ccc(C2(c3ccccc3)c3cc(-c4ccc5c(c4)-c4cccc6cccc(c46)O5)ccc3-c3cc4cccc(-c5ccc6c(c5)oc5ccccc56)c4cc32)cc1. The van der Waals surface area contributed by atoms with E-state index < -0.39 is 5.41 Å². The molecule has 0 N–H and O–H groups in total. The minimum Gasteiger partial charge on any atom is -0.456 e. The van der Waals surface area contributed by atoms with E-state index in [1.165, 1.54) is 71.6 Å². The highest BCUT2D eigenvalue weighted by Gasteiger charge is 2.46. The number of para-hydroxylation sites is 1. The second kappa shape index (κ2) is 12.2. The van der Waals surface area contributed by atoms with Gasteiger partial charge in [0.15, 0.2) is 0 Å². The van der Waals surface area contributed by atoms with Gasteiger partial charge in [0.25, 0.3) is 0 Å². The van der Waals surface area contributed by atoms with E-state index in [0.717, 1.165) is 50.1 Å². The van der Waals surface area contributed by atoms with Gasteiger partial charge in [0.2, 0.25) is 0 Å². The summed E-state index contributed by atoms with van der Waals surface area (Å²) < 4.78 is 12.9. The molecule has 274 valence electrons. The van der Waals surface area contributed by atoms with Crippen LogP contribution in [0.1, 0.15) is 22.3 Å². The van der Waals surface area contributed by atoms with E-state index in [1.807, 2.05) is 12.1 Å². The summed E-state index contributed by atoms with van der Waals surface area (Å²) in [5, 5.41) is 7.06. The van der Waals surface area contributed by atoms with Gasteiger partial charge in [-0.05, 0) is 132 Å². The van der Waals surface area contributed by atoms with Crippen molar-refractivity contribution in [3.63, 3.8) is 0 Å². The van der Waals surface area contributed by atoms with Crippen LogP contribution in [0.15, 0.2) is 211 Å². The van der Waals surface area contributed by atoms with Crippen LogP contribution in [0.2, 0.25) is 0 Å². The van der Waals surface area contributed by atoms with Gasteiger partial charge < -0.3 is 9.15 Å². The Morgan fingerprint density at radius 3 is 1.81 bits per heavy atom. The minimum absolute atomic E-state index is 0.574. The summed E-state index contributed by atoms with van der Waals surface area (Å²) in [6, 6.07) is 75.4. The van der Waals surface area contributed by atoms with Crippen molar-refractivity contribution >= 4 is 43.5 Å². The molecule has 1 aromatic heterocycles. The molecular weight excluding hydrogens is 717 g/mol. The third-order valence-corrected chi connectivity index (χ3v) is 12.9. The van der Waals surface area contributed by atoms with E-state index in [-0.39, 0.29) is 0 Å². The lowest BCUT2D eigenvalue weighted by Crippen LogP contribution is -2.28. The highest BCUT2D eigenvalue weighted by atomic mass is 16.5. The molecule has 2 nitrogen and oxygen atoms in total. The predicted octanol–water partition coefficient (Wildman–Crippen LogP) is 15.4. The van der Waals surface area contributed by atoms with Crippen LogP contribution in [0, 0.1) is 0 Å². The van der Waals surface area contributed by atoms with Crippen molar-refractivity contribution in [2.75, 3.05) is 0 Å². The number of hydrogen-bond acceptors (Lipinski definition) is 2. The maximum atomic E-state index is 6.51. The van der Waals surface area contributed by atoms with Crippen LogP contribution in [-0.4, -0.2) is 0 Å². The van der Waals surface area contributed by atoms with Gasteiger partial charge in [-0.25, -0.2) is 0 Å². The van der Waals surface area contributed by atoms with Gasteiger partial charge in [-0.2, -0.15) is 0 Å². The van der Waals surface area contributed by atoms with Crippen LogP contribution in [-0.2, 0) is 5.41 Å². The fourth-order valence-electron chi connectivity index (χ4n) is 10.3. The van der Waals surface area contributed by atoms with Crippen molar-refractivity contribution in [2.45, 2.75) is 5.41 Å². The third-order valence-electron chi connectivity index (χ3n) is 12.9. The fraction of sp³-hybridized carbons (Fsp3) is 0.0175. The van der Waals surface area contributed by atoms with Crippen LogP contribution in [0.5, 0.6) is 11.5 Å². The summed E-state index contributed by atoms with van der Waals surface area (Å²) >= 11 is 0. The maximum Gasteiger partial charge on any atom is 0.136 e. The lowest BCUT2D eigenvalue weighted by atomic mass is 9.67. The Hall–Kier alpha value is -7.68. The van der Waals surface area contributed by atoms with E-state index in [9.17, 15) is 0 Å². The maximum absolute atomic E-state index is 6.51. The molecule has 2 heteroatoms. The minimum atomic E-state index is -0.574. The van der Waals surface area contributed by atoms with Crippen molar-refractivity contribution in [1.29, 1.82) is 0 Å². The molecule has 0 saturated carbocycles. The third kappa shape index (κ3) is 4.57. The molecule has 0 atom stereocenters. The topological polar surface area (TPSA) is 22.4 Å². The lowest BCUT2D eigenvalue weighted by Gasteiger charge is -2.34. The Kier molecular flexibility index (Phi) is 6.68. The molecule has 0 saturated heterocycles. The molecule has 11 aromatic rings. The average molecular weight is 751 g/mol. The van der Waals surface area contributed by atoms with Crippen molar-refractivity contribution in [3.8, 4) is 56.0 Å². The molecule has 2 heterocycles. The number of furan rings is 1. The first kappa shape index (κ1) is 32.4. The molecule has 0 unspecified atom stereocenters. The zero-order valence-electron chi connectivity index (χ0n) is 31.9. The number of benzene rings is 10. The van der Waals surface area contributed by atoms with Crippen LogP contribution in [0.25, 0.3) is 88.0 Å². The van der Waals surface area contributed by atoms with E-state index in [2.05, 4.69) is 194 Å². The van der Waals surface area contributed by atoms with Crippen LogP contribution in [0.3, 0.4) is 0 Å². The van der Waals surface area contributed by atoms with E-state index in [1.54, 1.807) is 0 Å². The van der Waals surface area contributed by atoms with Crippen LogP contribution in [0.4, 0.5) is 0 Å². The molecule has 59 heavy (non-hydrogen) atoms. The fourth-order valence-corrected chi connectivity index (χ4v) is 10.3. The highest BCUT2D eigenvalue weighted by molar-refractivity contribution is 6.09. The first-order chi connectivity index (χ1) is 29.2. The van der Waals surface area contributed by atoms with Crippen molar-refractivity contribution in [2.24, 2.45) is 0 Å². The molecule has 0 radical (unpaired) electrons. The number of ether oxygens (including phenoxy) is 1. The van der Waals surface area contributed by atoms with Gasteiger partial charge in [-0.3, -0.25) is 0 Å². The molecule has 13 rings (SSSR count). The van der Waals surface area contributed by atoms with Crippen LogP contribution < -0.4 is 4.74 Å². The normalized spacial score (nSPS) is 13.4. The molecule has 1 aliphatic carbocycles. The standard InChI is InChI=1S/C57H34O2/c1-3-15-40(16-4-1)57(41-17-5-2-6-18-41)50-32-37(36-26-29-53-49(30-36)46-21-9-12-35-13-11-23-54(58-53)56(35)46)24-27-43(50)48-31-38-14-10-20-42(47(38)34-51(48)57)39-25-28-45-44-19-7-8-22-52(44)59-55(45)33-39/h1-34H. The van der Waals surface area contributed by atoms with Gasteiger partial charge in [-0.1, -0.05) is 152 Å². The van der Waals surface area contributed by atoms with Gasteiger partial charge in [0.1, 0.15) is 22.7 Å². The first-order valence-corrected chi connectivity index (χ1v) is 20.3. The Labute approximate surface area is 341 Å². The molecule has 0 bridgehead atoms. The second-order valence-electron chi connectivity index (χ2n) is 15.9. The Balaban J connectivity index is 1.05. The smallest absolute Gasteiger partial charge is 0.136 e. The van der Waals surface area contributed by atoms with E-state index >= 15 is 0 Å². The van der Waals surface area contributed by atoms with Gasteiger partial charge in [0.05, 0.1) is 5.41 Å². The summed E-state index contributed by atoms with van der Waals surface area (Å²) in [5.41, 5.74) is 15.8. The molecule has 0 amide bonds. The molecule has 0 fully saturated rings. The lowest BCUT2D eigenvalue weighted by molar-refractivity contribution is 0.487. The predicted molar refractivity (Wildman–Crippen MR) is 242 cm³/mol. The Bertz CT molecular complexity index is 3480. The summed E-state index contributed by atoms with van der Waals surface area (Å²) in [7, 11) is 0. The summed E-state index contributed by atoms with van der Waals surface area (Å²) in [6.45, 7) is 0. The summed E-state index contributed by atoms with van der Waals surface area (Å²) in [5.74, 6) is 1.80. The summed E-state index contributed by atoms with van der Waals surface area (Å²) in [4.78, 5) is 0. The van der Waals surface area contributed by atoms with Crippen molar-refractivity contribution in [3.05, 3.63) is 229 Å². The van der Waals surface area contributed by atoms with Crippen molar-refractivity contribution in [1.82, 2.24) is 0 Å². The Morgan fingerprint density at radius 1 is 0.322 bits per heavy atom. The van der Waals surface area contributed by atoms with E-state index in [4.69, 9.17) is 9.15 Å². The average Bonchev–Trinajstić information content (AvgIpc) is 3.81. The van der Waals surface area contributed by atoms with Gasteiger partial charge in [0, 0.05) is 21.7 Å². The molecule has 1 aliphatic heterocycles. The van der Waals surface area contributed by atoms with E-state index in [0.29, 0.717) is 0 Å². The molecule has 0 spiro atoms. The Morgan fingerprint density at radius 2 is 0.983 bits per heavy atom. The number of rotatable bonds is 4. The molecular formula is C57H34O2. The summed E-state index contributed by atoms with van der Waals surface area (Å²) in [6.07, 6.45) is 0. The quantitative estimate of drug-likeness (QED) is 0.179. The largest absolute Gasteiger partial charge is 0.456 e. The first-order valence-electron chi connectivity index (χ1n) is 20.3.